The van der Waals surface area contributed by atoms with Gasteiger partial charge in [-0.05, 0) is 24.5 Å². The van der Waals surface area contributed by atoms with Crippen LogP contribution in [0.5, 0.6) is 5.75 Å². The molecular formula is C10H15BrClNOS. The normalized spacial score (nSPS) is 9.73. The second-order valence-electron chi connectivity index (χ2n) is 2.94. The first-order valence-corrected chi connectivity index (χ1v) is 6.60. The fourth-order valence-electron chi connectivity index (χ4n) is 1.09. The number of phenols is 1. The molecule has 1 rings (SSSR count). The number of phenolic OH excluding ortho intramolecular Hbond substituents is 1. The third-order valence-corrected chi connectivity index (χ3v) is 2.95. The molecule has 0 bridgehead atoms. The highest BCUT2D eigenvalue weighted by atomic mass is 79.9. The number of aromatic hydroxyl groups is 1. The summed E-state index contributed by atoms with van der Waals surface area (Å²) in [6, 6.07) is 5.47. The van der Waals surface area contributed by atoms with E-state index in [2.05, 4.69) is 27.5 Å². The van der Waals surface area contributed by atoms with E-state index in [0.717, 1.165) is 22.3 Å². The fourth-order valence-corrected chi connectivity index (χ4v) is 1.85. The molecule has 0 aromatic heterocycles. The van der Waals surface area contributed by atoms with E-state index < -0.39 is 0 Å². The Kier molecular flexibility index (Phi) is 8.33. The van der Waals surface area contributed by atoms with Gasteiger partial charge in [-0.1, -0.05) is 15.9 Å². The van der Waals surface area contributed by atoms with E-state index in [1.54, 1.807) is 6.07 Å². The van der Waals surface area contributed by atoms with Gasteiger partial charge in [0.2, 0.25) is 0 Å². The number of hydrogen-bond donors (Lipinski definition) is 2. The maximum absolute atomic E-state index is 9.53. The van der Waals surface area contributed by atoms with Gasteiger partial charge in [-0.2, -0.15) is 11.8 Å². The Morgan fingerprint density at radius 3 is 2.87 bits per heavy atom. The number of rotatable bonds is 5. The lowest BCUT2D eigenvalue weighted by Crippen LogP contribution is -2.16. The molecule has 0 aliphatic heterocycles. The van der Waals surface area contributed by atoms with Gasteiger partial charge in [0.05, 0.1) is 0 Å². The van der Waals surface area contributed by atoms with Crippen LogP contribution in [0.25, 0.3) is 0 Å². The first-order chi connectivity index (χ1) is 6.74. The second kappa shape index (κ2) is 8.28. The summed E-state index contributed by atoms with van der Waals surface area (Å²) in [4.78, 5) is 0. The van der Waals surface area contributed by atoms with Crippen LogP contribution in [0.15, 0.2) is 22.7 Å². The Bertz CT molecular complexity index is 299. The van der Waals surface area contributed by atoms with E-state index in [1.807, 2.05) is 23.9 Å². The predicted octanol–water partition coefficient (Wildman–Crippen LogP) is 3.03. The topological polar surface area (TPSA) is 32.3 Å². The van der Waals surface area contributed by atoms with Gasteiger partial charge in [-0.3, -0.25) is 0 Å². The highest BCUT2D eigenvalue weighted by Gasteiger charge is 2.00. The molecule has 0 aliphatic carbocycles. The summed E-state index contributed by atoms with van der Waals surface area (Å²) in [5.74, 6) is 1.44. The van der Waals surface area contributed by atoms with E-state index in [9.17, 15) is 5.11 Å². The maximum atomic E-state index is 9.53. The third kappa shape index (κ3) is 5.66. The predicted molar refractivity (Wildman–Crippen MR) is 73.1 cm³/mol. The highest BCUT2D eigenvalue weighted by molar-refractivity contribution is 9.10. The molecule has 1 aromatic carbocycles. The van der Waals surface area contributed by atoms with Crippen LogP contribution in [0.2, 0.25) is 0 Å². The van der Waals surface area contributed by atoms with E-state index in [1.165, 1.54) is 0 Å². The summed E-state index contributed by atoms with van der Waals surface area (Å²) < 4.78 is 0.997. The summed E-state index contributed by atoms with van der Waals surface area (Å²) in [6.45, 7) is 1.68. The zero-order valence-corrected chi connectivity index (χ0v) is 11.7. The van der Waals surface area contributed by atoms with Crippen molar-refractivity contribution in [2.75, 3.05) is 18.6 Å². The molecule has 0 spiro atoms. The number of halogens is 2. The lowest BCUT2D eigenvalue weighted by Gasteiger charge is -2.06. The molecule has 2 nitrogen and oxygen atoms in total. The summed E-state index contributed by atoms with van der Waals surface area (Å²) in [7, 11) is 0. The van der Waals surface area contributed by atoms with Crippen molar-refractivity contribution in [1.82, 2.24) is 5.32 Å². The summed E-state index contributed by atoms with van der Waals surface area (Å²) >= 11 is 5.19. The SMILES string of the molecule is CSCCNCc1cc(Br)ccc1O.Cl. The largest absolute Gasteiger partial charge is 0.508 e. The minimum atomic E-state index is 0. The quantitative estimate of drug-likeness (QED) is 0.820. The Balaban J connectivity index is 0.00000196. The third-order valence-electron chi connectivity index (χ3n) is 1.84. The van der Waals surface area contributed by atoms with Crippen molar-refractivity contribution >= 4 is 40.1 Å². The molecule has 86 valence electrons. The Hall–Kier alpha value is 0.1000. The maximum Gasteiger partial charge on any atom is 0.120 e. The highest BCUT2D eigenvalue weighted by Crippen LogP contribution is 2.21. The van der Waals surface area contributed by atoms with Crippen LogP contribution in [0, 0.1) is 0 Å². The van der Waals surface area contributed by atoms with Crippen LogP contribution in [-0.4, -0.2) is 23.7 Å². The molecule has 0 radical (unpaired) electrons. The van der Waals surface area contributed by atoms with Crippen molar-refractivity contribution in [2.24, 2.45) is 0 Å². The smallest absolute Gasteiger partial charge is 0.120 e. The summed E-state index contributed by atoms with van der Waals surface area (Å²) in [5, 5.41) is 12.8. The lowest BCUT2D eigenvalue weighted by molar-refractivity contribution is 0.465. The molecule has 0 amide bonds. The average Bonchev–Trinajstić information content (AvgIpc) is 2.18. The molecule has 0 unspecified atom stereocenters. The van der Waals surface area contributed by atoms with Gasteiger partial charge < -0.3 is 10.4 Å². The minimum absolute atomic E-state index is 0. The van der Waals surface area contributed by atoms with Gasteiger partial charge >= 0.3 is 0 Å². The molecule has 0 saturated heterocycles. The zero-order valence-electron chi connectivity index (χ0n) is 8.50. The van der Waals surface area contributed by atoms with Gasteiger partial charge in [0.15, 0.2) is 0 Å². The van der Waals surface area contributed by atoms with Gasteiger partial charge in [0.25, 0.3) is 0 Å². The van der Waals surface area contributed by atoms with Crippen LogP contribution in [-0.2, 0) is 6.54 Å². The number of benzene rings is 1. The van der Waals surface area contributed by atoms with Crippen LogP contribution >= 0.6 is 40.1 Å². The molecule has 1 aromatic rings. The molecule has 2 N–H and O–H groups in total. The van der Waals surface area contributed by atoms with Crippen molar-refractivity contribution in [3.05, 3.63) is 28.2 Å². The van der Waals surface area contributed by atoms with E-state index in [4.69, 9.17) is 0 Å². The van der Waals surface area contributed by atoms with Gasteiger partial charge in [0.1, 0.15) is 5.75 Å². The van der Waals surface area contributed by atoms with Crippen LogP contribution < -0.4 is 5.32 Å². The number of hydrogen-bond acceptors (Lipinski definition) is 3. The zero-order chi connectivity index (χ0) is 10.4. The minimum Gasteiger partial charge on any atom is -0.508 e. The first-order valence-electron chi connectivity index (χ1n) is 4.41. The van der Waals surface area contributed by atoms with Crippen molar-refractivity contribution < 1.29 is 5.11 Å². The van der Waals surface area contributed by atoms with E-state index in [0.29, 0.717) is 12.3 Å². The van der Waals surface area contributed by atoms with Gasteiger partial charge in [0, 0.05) is 28.9 Å². The molecule has 0 atom stereocenters. The standard InChI is InChI=1S/C10H14BrNOS.ClH/c1-14-5-4-12-7-8-6-9(11)2-3-10(8)13;/h2-3,6,12-13H,4-5,7H2,1H3;1H. The van der Waals surface area contributed by atoms with Gasteiger partial charge in [-0.15, -0.1) is 12.4 Å². The van der Waals surface area contributed by atoms with Crippen LogP contribution in [0.1, 0.15) is 5.56 Å². The molecule has 0 saturated carbocycles. The molecule has 0 aliphatic rings. The number of nitrogens with one attached hydrogen (secondary N) is 1. The fraction of sp³-hybridized carbons (Fsp3) is 0.400. The van der Waals surface area contributed by atoms with E-state index in [-0.39, 0.29) is 12.4 Å². The monoisotopic (exact) mass is 311 g/mol. The Morgan fingerprint density at radius 2 is 2.20 bits per heavy atom. The first kappa shape index (κ1) is 15.1. The van der Waals surface area contributed by atoms with E-state index >= 15 is 0 Å². The molecular weight excluding hydrogens is 298 g/mol. The van der Waals surface area contributed by atoms with Crippen molar-refractivity contribution in [1.29, 1.82) is 0 Å². The lowest BCUT2D eigenvalue weighted by atomic mass is 10.2. The Labute approximate surface area is 109 Å². The number of thioether (sulfide) groups is 1. The Morgan fingerprint density at radius 1 is 1.47 bits per heavy atom. The summed E-state index contributed by atoms with van der Waals surface area (Å²) in [6.07, 6.45) is 2.08. The second-order valence-corrected chi connectivity index (χ2v) is 4.84. The van der Waals surface area contributed by atoms with Crippen molar-refractivity contribution in [2.45, 2.75) is 6.54 Å². The van der Waals surface area contributed by atoms with Crippen LogP contribution in [0.3, 0.4) is 0 Å². The van der Waals surface area contributed by atoms with Crippen molar-refractivity contribution in [3.63, 3.8) is 0 Å². The van der Waals surface area contributed by atoms with Crippen LogP contribution in [0.4, 0.5) is 0 Å². The molecule has 15 heavy (non-hydrogen) atoms. The average molecular weight is 313 g/mol. The summed E-state index contributed by atoms with van der Waals surface area (Å²) in [5.41, 5.74) is 0.931. The molecule has 5 heteroatoms. The van der Waals surface area contributed by atoms with Gasteiger partial charge in [-0.25, -0.2) is 0 Å². The van der Waals surface area contributed by atoms with Crippen molar-refractivity contribution in [3.8, 4) is 5.75 Å². The molecule has 0 fully saturated rings. The molecule has 0 heterocycles.